The predicted octanol–water partition coefficient (Wildman–Crippen LogP) is 1.47. The third-order valence-corrected chi connectivity index (χ3v) is 7.63. The number of hydrogen-bond acceptors (Lipinski definition) is 6. The highest BCUT2D eigenvalue weighted by Crippen LogP contribution is 2.45. The largest absolute Gasteiger partial charge is 0.477 e. The molecule has 3 aliphatic heterocycles. The van der Waals surface area contributed by atoms with Gasteiger partial charge in [0.15, 0.2) is 0 Å². The smallest absolute Gasteiger partial charge is 0.345 e. The van der Waals surface area contributed by atoms with Gasteiger partial charge in [-0.05, 0) is 57.5 Å². The Morgan fingerprint density at radius 2 is 1.96 bits per heavy atom. The summed E-state index contributed by atoms with van der Waals surface area (Å²) in [6.45, 7) is 6.49. The maximum atomic E-state index is 12.8. The molecule has 4 rings (SSSR count). The van der Waals surface area contributed by atoms with Crippen LogP contribution in [0.4, 0.5) is 0 Å². The molecule has 1 N–H and O–H groups in total. The fourth-order valence-corrected chi connectivity index (χ4v) is 5.82. The SMILES string of the molecule is CN1CCCN(CC(=O)N2CCC3(CC2)OCCc2cc(C(=O)O)sc23)CC1. The number of thiophene rings is 1. The van der Waals surface area contributed by atoms with Crippen molar-refractivity contribution in [3.8, 4) is 0 Å². The molecule has 154 valence electrons. The van der Waals surface area contributed by atoms with E-state index in [0.29, 0.717) is 31.1 Å². The summed E-state index contributed by atoms with van der Waals surface area (Å²) in [6, 6.07) is 1.81. The first-order valence-corrected chi connectivity index (χ1v) is 11.0. The number of hydrogen-bond donors (Lipinski definition) is 1. The number of amides is 1. The minimum atomic E-state index is -0.870. The Labute approximate surface area is 169 Å². The van der Waals surface area contributed by atoms with Gasteiger partial charge in [0.2, 0.25) is 5.91 Å². The fourth-order valence-electron chi connectivity index (χ4n) is 4.57. The highest BCUT2D eigenvalue weighted by Gasteiger charge is 2.43. The molecule has 1 spiro atoms. The highest BCUT2D eigenvalue weighted by molar-refractivity contribution is 7.14. The molecule has 2 fully saturated rings. The standard InChI is InChI=1S/C20H29N3O4S/c1-21-6-2-7-22(11-10-21)14-17(24)23-8-4-20(5-9-23)18-15(3-12-27-20)13-16(28-18)19(25)26/h13H,2-12,14H2,1H3,(H,25,26). The second kappa shape index (κ2) is 8.10. The van der Waals surface area contributed by atoms with Gasteiger partial charge in [0.05, 0.1) is 13.2 Å². The third-order valence-electron chi connectivity index (χ3n) is 6.28. The van der Waals surface area contributed by atoms with Crippen LogP contribution in [-0.4, -0.2) is 91.2 Å². The van der Waals surface area contributed by atoms with Gasteiger partial charge in [-0.15, -0.1) is 11.3 Å². The molecule has 28 heavy (non-hydrogen) atoms. The van der Waals surface area contributed by atoms with Crippen molar-refractivity contribution in [1.29, 1.82) is 0 Å². The molecule has 0 saturated carbocycles. The predicted molar refractivity (Wildman–Crippen MR) is 107 cm³/mol. The number of carbonyl (C=O) groups is 2. The average molecular weight is 408 g/mol. The number of nitrogens with zero attached hydrogens (tertiary/aromatic N) is 3. The third kappa shape index (κ3) is 3.96. The number of fused-ring (bicyclic) bond motifs is 2. The van der Waals surface area contributed by atoms with Crippen molar-refractivity contribution in [2.75, 3.05) is 59.5 Å². The van der Waals surface area contributed by atoms with Crippen LogP contribution in [0.2, 0.25) is 0 Å². The number of ether oxygens (including phenoxy) is 1. The first-order valence-electron chi connectivity index (χ1n) is 10.2. The molecule has 3 aliphatic rings. The Morgan fingerprint density at radius 3 is 2.71 bits per heavy atom. The summed E-state index contributed by atoms with van der Waals surface area (Å²) in [5.74, 6) is -0.668. The number of aromatic carboxylic acids is 1. The van der Waals surface area contributed by atoms with E-state index in [0.717, 1.165) is 62.3 Å². The minimum absolute atomic E-state index is 0.202. The summed E-state index contributed by atoms with van der Waals surface area (Å²) in [7, 11) is 2.13. The lowest BCUT2D eigenvalue weighted by Gasteiger charge is -2.44. The Morgan fingerprint density at radius 1 is 1.18 bits per heavy atom. The molecule has 1 aromatic heterocycles. The van der Waals surface area contributed by atoms with E-state index in [1.807, 2.05) is 4.90 Å². The quantitative estimate of drug-likeness (QED) is 0.818. The van der Waals surface area contributed by atoms with Gasteiger partial charge in [0, 0.05) is 31.1 Å². The Balaban J connectivity index is 1.38. The summed E-state index contributed by atoms with van der Waals surface area (Å²) in [5, 5.41) is 9.34. The van der Waals surface area contributed by atoms with Crippen LogP contribution >= 0.6 is 11.3 Å². The van der Waals surface area contributed by atoms with Gasteiger partial charge >= 0.3 is 5.97 Å². The highest BCUT2D eigenvalue weighted by atomic mass is 32.1. The van der Waals surface area contributed by atoms with Crippen molar-refractivity contribution in [2.45, 2.75) is 31.3 Å². The first kappa shape index (κ1) is 19.8. The van der Waals surface area contributed by atoms with Crippen molar-refractivity contribution in [3.63, 3.8) is 0 Å². The molecule has 2 saturated heterocycles. The van der Waals surface area contributed by atoms with Crippen LogP contribution < -0.4 is 0 Å². The monoisotopic (exact) mass is 407 g/mol. The number of carboxylic acid groups (broad SMARTS) is 1. The van der Waals surface area contributed by atoms with Gasteiger partial charge in [-0.1, -0.05) is 0 Å². The number of carboxylic acids is 1. The lowest BCUT2D eigenvalue weighted by Crippen LogP contribution is -2.50. The summed E-state index contributed by atoms with van der Waals surface area (Å²) >= 11 is 1.35. The van der Waals surface area contributed by atoms with E-state index >= 15 is 0 Å². The molecule has 1 amide bonds. The lowest BCUT2D eigenvalue weighted by atomic mass is 9.85. The number of likely N-dealkylation sites (tertiary alicyclic amines) is 1. The molecule has 0 radical (unpaired) electrons. The molecule has 4 heterocycles. The van der Waals surface area contributed by atoms with Crippen molar-refractivity contribution < 1.29 is 19.4 Å². The number of likely N-dealkylation sites (N-methyl/N-ethyl adjacent to an activating group) is 1. The topological polar surface area (TPSA) is 73.3 Å². The molecular weight excluding hydrogens is 378 g/mol. The van der Waals surface area contributed by atoms with E-state index in [-0.39, 0.29) is 5.91 Å². The van der Waals surface area contributed by atoms with Crippen LogP contribution in [0.15, 0.2) is 6.07 Å². The summed E-state index contributed by atoms with van der Waals surface area (Å²) < 4.78 is 6.20. The zero-order valence-corrected chi connectivity index (χ0v) is 17.3. The molecule has 0 aliphatic carbocycles. The summed E-state index contributed by atoms with van der Waals surface area (Å²) in [6.07, 6.45) is 3.36. The van der Waals surface area contributed by atoms with Crippen LogP contribution in [0.1, 0.15) is 39.4 Å². The molecule has 0 bridgehead atoms. The number of rotatable bonds is 3. The molecule has 1 aromatic rings. The van der Waals surface area contributed by atoms with Crippen LogP contribution in [0.3, 0.4) is 0 Å². The van der Waals surface area contributed by atoms with Crippen molar-refractivity contribution >= 4 is 23.2 Å². The van der Waals surface area contributed by atoms with E-state index in [1.165, 1.54) is 11.3 Å². The normalized spacial score (nSPS) is 23.4. The van der Waals surface area contributed by atoms with Gasteiger partial charge in [-0.2, -0.15) is 0 Å². The fraction of sp³-hybridized carbons (Fsp3) is 0.700. The van der Waals surface area contributed by atoms with Crippen LogP contribution in [0.25, 0.3) is 0 Å². The van der Waals surface area contributed by atoms with Crippen molar-refractivity contribution in [1.82, 2.24) is 14.7 Å². The molecule has 0 unspecified atom stereocenters. The molecule has 8 heteroatoms. The van der Waals surface area contributed by atoms with E-state index in [4.69, 9.17) is 4.74 Å². The van der Waals surface area contributed by atoms with E-state index in [1.54, 1.807) is 6.07 Å². The maximum Gasteiger partial charge on any atom is 0.345 e. The minimum Gasteiger partial charge on any atom is -0.477 e. The number of carbonyl (C=O) groups excluding carboxylic acids is 1. The van der Waals surface area contributed by atoms with Crippen molar-refractivity contribution in [2.24, 2.45) is 0 Å². The van der Waals surface area contributed by atoms with E-state index < -0.39 is 11.6 Å². The lowest BCUT2D eigenvalue weighted by molar-refractivity contribution is -0.141. The Kier molecular flexibility index (Phi) is 5.73. The van der Waals surface area contributed by atoms with Crippen LogP contribution in [0, 0.1) is 0 Å². The Hall–Kier alpha value is -1.48. The average Bonchev–Trinajstić information content (AvgIpc) is 3.03. The van der Waals surface area contributed by atoms with Crippen molar-refractivity contribution in [3.05, 3.63) is 21.4 Å². The molecule has 7 nitrogen and oxygen atoms in total. The Bertz CT molecular complexity index is 742. The second-order valence-corrected chi connectivity index (χ2v) is 9.23. The molecular formula is C20H29N3O4S. The zero-order chi connectivity index (χ0) is 19.7. The van der Waals surface area contributed by atoms with Gasteiger partial charge in [0.25, 0.3) is 0 Å². The number of piperidine rings is 1. The second-order valence-electron chi connectivity index (χ2n) is 8.18. The summed E-state index contributed by atoms with van der Waals surface area (Å²) in [4.78, 5) is 32.2. The van der Waals surface area contributed by atoms with Gasteiger partial charge < -0.3 is 19.6 Å². The first-order chi connectivity index (χ1) is 13.5. The van der Waals surface area contributed by atoms with Gasteiger partial charge in [-0.25, -0.2) is 4.79 Å². The van der Waals surface area contributed by atoms with E-state index in [9.17, 15) is 14.7 Å². The molecule has 0 atom stereocenters. The summed E-state index contributed by atoms with van der Waals surface area (Å²) in [5.41, 5.74) is 0.704. The molecule has 0 aromatic carbocycles. The van der Waals surface area contributed by atoms with E-state index in [2.05, 4.69) is 16.8 Å². The van der Waals surface area contributed by atoms with Gasteiger partial charge in [-0.3, -0.25) is 9.69 Å². The zero-order valence-electron chi connectivity index (χ0n) is 16.5. The van der Waals surface area contributed by atoms with Gasteiger partial charge in [0.1, 0.15) is 10.5 Å². The van der Waals surface area contributed by atoms with Crippen LogP contribution in [-0.2, 0) is 21.6 Å². The van der Waals surface area contributed by atoms with Crippen LogP contribution in [0.5, 0.6) is 0 Å². The maximum absolute atomic E-state index is 12.8.